The Bertz CT molecular complexity index is 1350. The highest BCUT2D eigenvalue weighted by Crippen LogP contribution is 2.26. The van der Waals surface area contributed by atoms with E-state index in [-0.39, 0.29) is 23.4 Å². The molecule has 3 rings (SSSR count). The van der Waals surface area contributed by atoms with Crippen LogP contribution < -0.4 is 9.62 Å². The van der Waals surface area contributed by atoms with Gasteiger partial charge in [-0.05, 0) is 69.2 Å². The average molecular weight is 556 g/mol. The zero-order valence-corrected chi connectivity index (χ0v) is 23.7. The van der Waals surface area contributed by atoms with Gasteiger partial charge in [0.2, 0.25) is 11.8 Å². The van der Waals surface area contributed by atoms with Gasteiger partial charge in [-0.1, -0.05) is 66.6 Å². The fourth-order valence-corrected chi connectivity index (χ4v) is 5.47. The quantitative estimate of drug-likeness (QED) is 0.353. The summed E-state index contributed by atoms with van der Waals surface area (Å²) in [4.78, 5) is 28.4. The summed E-state index contributed by atoms with van der Waals surface area (Å²) in [5, 5.41) is 3.37. The Balaban J connectivity index is 2.01. The van der Waals surface area contributed by atoms with Crippen LogP contribution in [0.3, 0.4) is 0 Å². The maximum atomic E-state index is 13.9. The first-order valence-corrected chi connectivity index (χ1v) is 14.3. The number of hydrogen-bond donors (Lipinski definition) is 1. The van der Waals surface area contributed by atoms with Gasteiger partial charge in [0.25, 0.3) is 10.0 Å². The Morgan fingerprint density at radius 3 is 2.21 bits per heavy atom. The van der Waals surface area contributed by atoms with Crippen LogP contribution in [0.2, 0.25) is 5.02 Å². The number of sulfonamides is 1. The van der Waals surface area contributed by atoms with Crippen LogP contribution in [-0.2, 0) is 26.2 Å². The van der Waals surface area contributed by atoms with Crippen LogP contribution in [0.5, 0.6) is 0 Å². The number of benzene rings is 3. The largest absolute Gasteiger partial charge is 0.352 e. The minimum Gasteiger partial charge on any atom is -0.352 e. The summed E-state index contributed by atoms with van der Waals surface area (Å²) < 4.78 is 28.5. The number of nitrogens with one attached hydrogen (secondary N) is 1. The van der Waals surface area contributed by atoms with Gasteiger partial charge in [-0.15, -0.1) is 0 Å². The zero-order valence-electron chi connectivity index (χ0n) is 22.1. The minimum atomic E-state index is -4.10. The predicted molar refractivity (Wildman–Crippen MR) is 152 cm³/mol. The molecule has 3 aromatic carbocycles. The summed E-state index contributed by atoms with van der Waals surface area (Å²) in [6.07, 6.45) is 0.740. The lowest BCUT2D eigenvalue weighted by Gasteiger charge is -2.32. The Hall–Kier alpha value is -3.36. The lowest BCUT2D eigenvalue weighted by Crippen LogP contribution is -2.52. The summed E-state index contributed by atoms with van der Waals surface area (Å²) in [5.41, 5.74) is 2.14. The molecule has 0 saturated heterocycles. The number of carbonyl (C=O) groups excluding carboxylic acids is 2. The van der Waals surface area contributed by atoms with Crippen molar-refractivity contribution in [3.63, 3.8) is 0 Å². The van der Waals surface area contributed by atoms with Crippen molar-refractivity contribution in [3.05, 3.63) is 95.0 Å². The molecule has 0 bridgehead atoms. The third-order valence-electron chi connectivity index (χ3n) is 6.33. The van der Waals surface area contributed by atoms with Gasteiger partial charge in [-0.2, -0.15) is 0 Å². The van der Waals surface area contributed by atoms with Crippen LogP contribution in [0.15, 0.2) is 83.8 Å². The monoisotopic (exact) mass is 555 g/mol. The Morgan fingerprint density at radius 1 is 0.947 bits per heavy atom. The molecule has 2 atom stereocenters. The van der Waals surface area contributed by atoms with E-state index in [4.69, 9.17) is 11.6 Å². The summed E-state index contributed by atoms with van der Waals surface area (Å²) in [6, 6.07) is 20.9. The van der Waals surface area contributed by atoms with E-state index in [0.717, 1.165) is 21.9 Å². The topological polar surface area (TPSA) is 86.8 Å². The molecule has 7 nitrogen and oxygen atoms in total. The van der Waals surface area contributed by atoms with Crippen molar-refractivity contribution in [2.24, 2.45) is 0 Å². The molecule has 0 aliphatic rings. The maximum absolute atomic E-state index is 13.9. The second-order valence-corrected chi connectivity index (χ2v) is 11.6. The van der Waals surface area contributed by atoms with Gasteiger partial charge in [-0.25, -0.2) is 8.42 Å². The molecule has 0 aliphatic carbocycles. The SMILES string of the molecule is CC[C@@H](C)NC(=O)[C@@H](C)N(Cc1cccc(C)c1)C(=O)CN(c1ccc(Cl)cc1)S(=O)(=O)c1ccccc1. The zero-order chi connectivity index (χ0) is 27.9. The number of anilines is 1. The van der Waals surface area contributed by atoms with Crippen molar-refractivity contribution in [1.29, 1.82) is 0 Å². The van der Waals surface area contributed by atoms with Crippen molar-refractivity contribution >= 4 is 39.1 Å². The molecule has 0 saturated carbocycles. The van der Waals surface area contributed by atoms with E-state index in [9.17, 15) is 18.0 Å². The highest BCUT2D eigenvalue weighted by molar-refractivity contribution is 7.92. The van der Waals surface area contributed by atoms with E-state index in [1.165, 1.54) is 17.0 Å². The molecule has 0 fully saturated rings. The summed E-state index contributed by atoms with van der Waals surface area (Å²) in [7, 11) is -4.10. The van der Waals surface area contributed by atoms with E-state index in [1.54, 1.807) is 49.4 Å². The van der Waals surface area contributed by atoms with Crippen molar-refractivity contribution in [3.8, 4) is 0 Å². The standard InChI is InChI=1S/C29H34ClN3O4S/c1-5-22(3)31-29(35)23(4)32(19-24-11-9-10-21(2)18-24)28(34)20-33(26-16-14-25(30)15-17-26)38(36,37)27-12-7-6-8-13-27/h6-18,22-23H,5,19-20H2,1-4H3,(H,31,35)/t22-,23-/m1/s1. The second-order valence-electron chi connectivity index (χ2n) is 9.31. The van der Waals surface area contributed by atoms with Crippen LogP contribution in [-0.4, -0.2) is 43.8 Å². The van der Waals surface area contributed by atoms with E-state index in [1.807, 2.05) is 45.0 Å². The lowest BCUT2D eigenvalue weighted by atomic mass is 10.1. The normalized spacial score (nSPS) is 12.9. The van der Waals surface area contributed by atoms with Crippen LogP contribution in [0.4, 0.5) is 5.69 Å². The van der Waals surface area contributed by atoms with Crippen molar-refractivity contribution in [2.75, 3.05) is 10.8 Å². The molecule has 3 aromatic rings. The number of nitrogens with zero attached hydrogens (tertiary/aromatic N) is 2. The molecule has 2 amide bonds. The second kappa shape index (κ2) is 12.9. The number of halogens is 1. The smallest absolute Gasteiger partial charge is 0.264 e. The van der Waals surface area contributed by atoms with Gasteiger partial charge in [0.05, 0.1) is 10.6 Å². The predicted octanol–water partition coefficient (Wildman–Crippen LogP) is 5.18. The Labute approximate surface area is 230 Å². The van der Waals surface area contributed by atoms with Crippen molar-refractivity contribution < 1.29 is 18.0 Å². The third kappa shape index (κ3) is 7.36. The van der Waals surface area contributed by atoms with E-state index in [2.05, 4.69) is 5.32 Å². The number of amides is 2. The van der Waals surface area contributed by atoms with Crippen molar-refractivity contribution in [2.45, 2.75) is 57.6 Å². The van der Waals surface area contributed by atoms with Gasteiger partial charge in [0.15, 0.2) is 0 Å². The van der Waals surface area contributed by atoms with Crippen LogP contribution >= 0.6 is 11.6 Å². The van der Waals surface area contributed by atoms with Gasteiger partial charge < -0.3 is 10.2 Å². The summed E-state index contributed by atoms with van der Waals surface area (Å²) >= 11 is 6.05. The molecular weight excluding hydrogens is 522 g/mol. The molecule has 0 aliphatic heterocycles. The molecular formula is C29H34ClN3O4S. The van der Waals surface area contributed by atoms with Gasteiger partial charge in [0, 0.05) is 17.6 Å². The summed E-state index contributed by atoms with van der Waals surface area (Å²) in [6.45, 7) is 7.12. The van der Waals surface area contributed by atoms with Crippen LogP contribution in [0.1, 0.15) is 38.3 Å². The highest BCUT2D eigenvalue weighted by Gasteiger charge is 2.32. The van der Waals surface area contributed by atoms with Gasteiger partial charge in [-0.3, -0.25) is 13.9 Å². The molecule has 9 heteroatoms. The molecule has 202 valence electrons. The Kier molecular flexibility index (Phi) is 9.94. The number of aryl methyl sites for hydroxylation is 1. The summed E-state index contributed by atoms with van der Waals surface area (Å²) in [5.74, 6) is -0.808. The number of hydrogen-bond acceptors (Lipinski definition) is 4. The van der Waals surface area contributed by atoms with Gasteiger partial charge in [0.1, 0.15) is 12.6 Å². The first kappa shape index (κ1) is 29.2. The highest BCUT2D eigenvalue weighted by atomic mass is 35.5. The first-order valence-electron chi connectivity index (χ1n) is 12.5. The molecule has 0 aromatic heterocycles. The number of rotatable bonds is 11. The number of carbonyl (C=O) groups is 2. The first-order chi connectivity index (χ1) is 18.0. The Morgan fingerprint density at radius 2 is 1.61 bits per heavy atom. The fourth-order valence-electron chi connectivity index (χ4n) is 3.91. The van der Waals surface area contributed by atoms with Crippen molar-refractivity contribution in [1.82, 2.24) is 10.2 Å². The third-order valence-corrected chi connectivity index (χ3v) is 8.37. The minimum absolute atomic E-state index is 0.0514. The van der Waals surface area contributed by atoms with Crippen LogP contribution in [0.25, 0.3) is 0 Å². The lowest BCUT2D eigenvalue weighted by molar-refractivity contribution is -0.139. The van der Waals surface area contributed by atoms with Crippen LogP contribution in [0, 0.1) is 6.92 Å². The van der Waals surface area contributed by atoms with E-state index in [0.29, 0.717) is 10.7 Å². The molecule has 0 spiro atoms. The fraction of sp³-hybridized carbons (Fsp3) is 0.310. The molecule has 38 heavy (non-hydrogen) atoms. The molecule has 0 radical (unpaired) electrons. The maximum Gasteiger partial charge on any atom is 0.264 e. The molecule has 1 N–H and O–H groups in total. The average Bonchev–Trinajstić information content (AvgIpc) is 2.90. The van der Waals surface area contributed by atoms with E-state index >= 15 is 0 Å². The molecule has 0 heterocycles. The molecule has 0 unspecified atom stereocenters. The van der Waals surface area contributed by atoms with Gasteiger partial charge >= 0.3 is 0 Å². The van der Waals surface area contributed by atoms with E-state index < -0.39 is 28.5 Å².